The summed E-state index contributed by atoms with van der Waals surface area (Å²) in [5.41, 5.74) is 5.51. The summed E-state index contributed by atoms with van der Waals surface area (Å²) >= 11 is 0. The molecule has 7 heteroatoms. The maximum absolute atomic E-state index is 12.9. The number of fused-ring (bicyclic) bond motifs is 1. The minimum atomic E-state index is -0.190. The first-order valence-electron chi connectivity index (χ1n) is 10.6. The number of nitrogens with zero attached hydrogens (tertiary/aromatic N) is 2. The molecule has 31 heavy (non-hydrogen) atoms. The maximum Gasteiger partial charge on any atom is 0.287 e. The van der Waals surface area contributed by atoms with Crippen LogP contribution in [0.25, 0.3) is 22.5 Å². The first-order valence-corrected chi connectivity index (χ1v) is 10.6. The largest absolute Gasteiger partial charge is 0.450 e. The molecule has 0 unspecified atom stereocenters. The molecule has 7 nitrogen and oxygen atoms in total. The second-order valence-corrected chi connectivity index (χ2v) is 8.01. The third-order valence-corrected chi connectivity index (χ3v) is 6.05. The summed E-state index contributed by atoms with van der Waals surface area (Å²) in [5, 5.41) is 19.0. The molecule has 2 aliphatic rings. The zero-order valence-electron chi connectivity index (χ0n) is 17.1. The number of nitrogens with one attached hydrogen (secondary N) is 2. The van der Waals surface area contributed by atoms with Gasteiger partial charge in [-0.2, -0.15) is 0 Å². The van der Waals surface area contributed by atoms with E-state index < -0.39 is 0 Å². The lowest BCUT2D eigenvalue weighted by atomic mass is 9.98. The van der Waals surface area contributed by atoms with Crippen LogP contribution in [-0.4, -0.2) is 40.9 Å². The Morgan fingerprint density at radius 1 is 1.06 bits per heavy atom. The highest BCUT2D eigenvalue weighted by Gasteiger charge is 2.24. The van der Waals surface area contributed by atoms with Crippen molar-refractivity contribution in [2.24, 2.45) is 5.16 Å². The molecule has 2 aromatic heterocycles. The second-order valence-electron chi connectivity index (χ2n) is 8.01. The topological polar surface area (TPSA) is 99.8 Å². The van der Waals surface area contributed by atoms with Crippen LogP contribution in [0.5, 0.6) is 0 Å². The van der Waals surface area contributed by atoms with Crippen molar-refractivity contribution in [2.45, 2.75) is 31.7 Å². The number of piperidine rings is 1. The standard InChI is InChI=1S/C24H24N4O3/c29-24(27-18-7-11-26-12-8-18)22-14-20(23(31-22)15-5-9-25-10-6-15)17-1-3-19-16(13-17)2-4-21(19)28-30/h1,3,5-6,9-10,13-14,18,26,30H,2,4,7-8,11-12H2,(H,27,29). The molecule has 158 valence electrons. The summed E-state index contributed by atoms with van der Waals surface area (Å²) in [4.78, 5) is 17.0. The van der Waals surface area contributed by atoms with Crippen molar-refractivity contribution in [3.8, 4) is 22.5 Å². The van der Waals surface area contributed by atoms with Crippen molar-refractivity contribution < 1.29 is 14.4 Å². The van der Waals surface area contributed by atoms with Crippen molar-refractivity contribution in [1.82, 2.24) is 15.6 Å². The molecule has 5 rings (SSSR count). The monoisotopic (exact) mass is 416 g/mol. The molecule has 1 fully saturated rings. The van der Waals surface area contributed by atoms with Gasteiger partial charge in [0.2, 0.25) is 0 Å². The van der Waals surface area contributed by atoms with Gasteiger partial charge in [-0.3, -0.25) is 9.78 Å². The quantitative estimate of drug-likeness (QED) is 0.446. The number of aryl methyl sites for hydroxylation is 1. The average molecular weight is 416 g/mol. The highest BCUT2D eigenvalue weighted by molar-refractivity contribution is 6.05. The van der Waals surface area contributed by atoms with Crippen molar-refractivity contribution in [3.63, 3.8) is 0 Å². The van der Waals surface area contributed by atoms with Crippen LogP contribution in [0.15, 0.2) is 58.4 Å². The number of aromatic nitrogens is 1. The Labute approximate surface area is 180 Å². The van der Waals surface area contributed by atoms with E-state index in [2.05, 4.69) is 26.8 Å². The van der Waals surface area contributed by atoms with Gasteiger partial charge >= 0.3 is 0 Å². The Kier molecular flexibility index (Phi) is 5.26. The van der Waals surface area contributed by atoms with Gasteiger partial charge < -0.3 is 20.3 Å². The minimum Gasteiger partial charge on any atom is -0.450 e. The third kappa shape index (κ3) is 3.84. The molecule has 0 saturated carbocycles. The number of furan rings is 1. The van der Waals surface area contributed by atoms with Gasteiger partial charge in [-0.25, -0.2) is 0 Å². The first kappa shape index (κ1) is 19.5. The van der Waals surface area contributed by atoms with Crippen LogP contribution in [0.3, 0.4) is 0 Å². The zero-order valence-corrected chi connectivity index (χ0v) is 17.1. The van der Waals surface area contributed by atoms with Crippen LogP contribution >= 0.6 is 0 Å². The molecule has 1 amide bonds. The van der Waals surface area contributed by atoms with E-state index in [0.29, 0.717) is 17.2 Å². The van der Waals surface area contributed by atoms with Gasteiger partial charge in [0, 0.05) is 35.1 Å². The number of amides is 1. The van der Waals surface area contributed by atoms with E-state index >= 15 is 0 Å². The van der Waals surface area contributed by atoms with E-state index in [1.165, 1.54) is 0 Å². The van der Waals surface area contributed by atoms with Crippen LogP contribution in [0, 0.1) is 0 Å². The number of carbonyl (C=O) groups is 1. The highest BCUT2D eigenvalue weighted by atomic mass is 16.4. The molecular weight excluding hydrogens is 392 g/mol. The molecule has 1 saturated heterocycles. The predicted molar refractivity (Wildman–Crippen MR) is 117 cm³/mol. The maximum atomic E-state index is 12.9. The van der Waals surface area contributed by atoms with E-state index in [1.807, 2.05) is 30.3 Å². The Morgan fingerprint density at radius 3 is 2.65 bits per heavy atom. The van der Waals surface area contributed by atoms with E-state index in [1.54, 1.807) is 12.4 Å². The summed E-state index contributed by atoms with van der Waals surface area (Å²) in [6.07, 6.45) is 6.80. The Balaban J connectivity index is 1.52. The van der Waals surface area contributed by atoms with E-state index in [9.17, 15) is 10.0 Å². The number of rotatable bonds is 4. The van der Waals surface area contributed by atoms with Gasteiger partial charge in [0.05, 0.1) is 5.71 Å². The van der Waals surface area contributed by atoms with Gasteiger partial charge in [0.1, 0.15) is 5.76 Å². The molecule has 3 heterocycles. The van der Waals surface area contributed by atoms with Crippen LogP contribution in [0.1, 0.15) is 40.9 Å². The molecule has 3 N–H and O–H groups in total. The van der Waals surface area contributed by atoms with Gasteiger partial charge in [-0.1, -0.05) is 23.4 Å². The van der Waals surface area contributed by atoms with Crippen LogP contribution in [0.2, 0.25) is 0 Å². The Hall–Kier alpha value is -3.45. The van der Waals surface area contributed by atoms with E-state index in [4.69, 9.17) is 4.42 Å². The van der Waals surface area contributed by atoms with E-state index in [0.717, 1.165) is 66.6 Å². The lowest BCUT2D eigenvalue weighted by Gasteiger charge is -2.23. The Morgan fingerprint density at radius 2 is 1.87 bits per heavy atom. The normalized spacial score (nSPS) is 17.6. The van der Waals surface area contributed by atoms with Crippen molar-refractivity contribution in [3.05, 3.63) is 65.7 Å². The highest BCUT2D eigenvalue weighted by Crippen LogP contribution is 2.37. The number of benzene rings is 1. The van der Waals surface area contributed by atoms with E-state index in [-0.39, 0.29) is 11.9 Å². The number of hydrogen-bond acceptors (Lipinski definition) is 6. The predicted octanol–water partition coefficient (Wildman–Crippen LogP) is 3.61. The van der Waals surface area contributed by atoms with Gasteiger partial charge in [-0.05, 0) is 68.1 Å². The smallest absolute Gasteiger partial charge is 0.287 e. The lowest BCUT2D eigenvalue weighted by Crippen LogP contribution is -2.42. The van der Waals surface area contributed by atoms with Gasteiger partial charge in [0.15, 0.2) is 5.76 Å². The molecule has 0 spiro atoms. The summed E-state index contributed by atoms with van der Waals surface area (Å²) in [6, 6.07) is 11.8. The zero-order chi connectivity index (χ0) is 21.2. The van der Waals surface area contributed by atoms with Gasteiger partial charge in [0.25, 0.3) is 5.91 Å². The van der Waals surface area contributed by atoms with Crippen LogP contribution in [-0.2, 0) is 6.42 Å². The molecule has 0 bridgehead atoms. The SMILES string of the molecule is O=C(NC1CCNCC1)c1cc(-c2ccc3c(c2)CCC3=NO)c(-c2ccncc2)o1. The summed E-state index contributed by atoms with van der Waals surface area (Å²) < 4.78 is 6.10. The fourth-order valence-electron chi connectivity index (χ4n) is 4.40. The van der Waals surface area contributed by atoms with Crippen LogP contribution < -0.4 is 10.6 Å². The Bertz CT molecular complexity index is 1130. The number of hydrogen-bond donors (Lipinski definition) is 3. The molecular formula is C24H24N4O3. The van der Waals surface area contributed by atoms with Crippen molar-refractivity contribution >= 4 is 11.6 Å². The molecule has 1 aliphatic carbocycles. The molecule has 1 aromatic carbocycles. The fraction of sp³-hybridized carbons (Fsp3) is 0.292. The molecule has 1 aliphatic heterocycles. The summed E-state index contributed by atoms with van der Waals surface area (Å²) in [7, 11) is 0. The number of pyridine rings is 1. The fourth-order valence-corrected chi connectivity index (χ4v) is 4.40. The summed E-state index contributed by atoms with van der Waals surface area (Å²) in [5.74, 6) is 0.759. The molecule has 3 aromatic rings. The third-order valence-electron chi connectivity index (χ3n) is 6.05. The lowest BCUT2D eigenvalue weighted by molar-refractivity contribution is 0.0902. The van der Waals surface area contributed by atoms with Crippen LogP contribution in [0.4, 0.5) is 0 Å². The molecule has 0 atom stereocenters. The van der Waals surface area contributed by atoms with Crippen molar-refractivity contribution in [2.75, 3.05) is 13.1 Å². The van der Waals surface area contributed by atoms with Gasteiger partial charge in [-0.15, -0.1) is 0 Å². The minimum absolute atomic E-state index is 0.155. The van der Waals surface area contributed by atoms with Crippen molar-refractivity contribution in [1.29, 1.82) is 0 Å². The second kappa shape index (κ2) is 8.35. The first-order chi connectivity index (χ1) is 15.2. The number of oxime groups is 1. The average Bonchev–Trinajstić information content (AvgIpc) is 3.44. The number of carbonyl (C=O) groups excluding carboxylic acids is 1. The molecule has 0 radical (unpaired) electrons. The summed E-state index contributed by atoms with van der Waals surface area (Å²) in [6.45, 7) is 1.82.